The van der Waals surface area contributed by atoms with E-state index in [1.165, 1.54) is 25.7 Å². The van der Waals surface area contributed by atoms with E-state index in [2.05, 4.69) is 41.2 Å². The summed E-state index contributed by atoms with van der Waals surface area (Å²) in [7, 11) is 0. The Morgan fingerprint density at radius 3 is 1.43 bits per heavy atom. The van der Waals surface area contributed by atoms with Gasteiger partial charge in [-0.25, -0.2) is 20.5 Å². The van der Waals surface area contributed by atoms with Crippen LogP contribution in [0, 0.1) is 0 Å². The van der Waals surface area contributed by atoms with Crippen molar-refractivity contribution in [3.05, 3.63) is 45.1 Å². The number of fused-ring (bicyclic) bond motifs is 2. The number of nitrogens with one attached hydrogen (secondary N) is 2. The molecule has 4 fully saturated rings. The summed E-state index contributed by atoms with van der Waals surface area (Å²) in [6.07, 6.45) is 9.97. The average molecular weight is 808 g/mol. The second-order valence-corrected chi connectivity index (χ2v) is 16.1. The topological polar surface area (TPSA) is 179 Å². The zero-order valence-electron chi connectivity index (χ0n) is 30.5. The zero-order valence-corrected chi connectivity index (χ0v) is 32.0. The van der Waals surface area contributed by atoms with Gasteiger partial charge in [0.05, 0.1) is 45.8 Å². The maximum atomic E-state index is 12.8. The number of anilines is 2. The lowest BCUT2D eigenvalue weighted by atomic mass is 9.97. The van der Waals surface area contributed by atoms with Crippen LogP contribution in [-0.4, -0.2) is 93.6 Å². The van der Waals surface area contributed by atoms with Gasteiger partial charge < -0.3 is 37.8 Å². The van der Waals surface area contributed by atoms with Crippen LogP contribution >= 0.6 is 23.2 Å². The Hall–Kier alpha value is -4.64. The van der Waals surface area contributed by atoms with Crippen molar-refractivity contribution in [2.24, 2.45) is 0 Å². The zero-order chi connectivity index (χ0) is 37.9. The van der Waals surface area contributed by atoms with Crippen LogP contribution in [0.2, 0.25) is 10.0 Å². The molecule has 2 aromatic heterocycles. The highest BCUT2D eigenvalue weighted by Crippen LogP contribution is 2.47. The molecular formula is C38H40Cl2N8O8. The fourth-order valence-corrected chi connectivity index (χ4v) is 8.95. The van der Waals surface area contributed by atoms with Gasteiger partial charge in [-0.2, -0.15) is 0 Å². The molecule has 0 radical (unpaired) electrons. The van der Waals surface area contributed by atoms with Gasteiger partial charge in [0.15, 0.2) is 0 Å². The normalized spacial score (nSPS) is 20.2. The molecule has 6 heterocycles. The molecule has 294 valence electrons. The molecule has 2 N–H and O–H groups in total. The van der Waals surface area contributed by atoms with Crippen LogP contribution < -0.4 is 20.4 Å². The highest BCUT2D eigenvalue weighted by Gasteiger charge is 2.36. The van der Waals surface area contributed by atoms with Gasteiger partial charge in [0.1, 0.15) is 11.5 Å². The largest absolute Gasteiger partial charge is 0.492 e. The minimum Gasteiger partial charge on any atom is -0.492 e. The average Bonchev–Trinajstić information content (AvgIpc) is 3.96. The fourth-order valence-electron chi connectivity index (χ4n) is 8.42. The van der Waals surface area contributed by atoms with Gasteiger partial charge in [-0.3, -0.25) is 0 Å². The first-order valence-electron chi connectivity index (χ1n) is 19.4. The summed E-state index contributed by atoms with van der Waals surface area (Å²) in [5.41, 5.74) is 7.95. The van der Waals surface area contributed by atoms with E-state index in [1.54, 1.807) is 12.1 Å². The number of nitrogens with zero attached hydrogens (tertiary/aromatic N) is 6. The van der Waals surface area contributed by atoms with Crippen molar-refractivity contribution >= 4 is 46.5 Å². The number of piperidine rings is 2. The molecule has 4 aliphatic heterocycles. The van der Waals surface area contributed by atoms with E-state index >= 15 is 0 Å². The van der Waals surface area contributed by atoms with E-state index in [-0.39, 0.29) is 33.3 Å². The molecule has 2 saturated heterocycles. The Labute approximate surface area is 331 Å². The van der Waals surface area contributed by atoms with Crippen molar-refractivity contribution in [2.45, 2.75) is 88.1 Å². The number of hydrogen-bond donors (Lipinski definition) is 2. The number of hydrogen-bond acceptors (Lipinski definition) is 16. The lowest BCUT2D eigenvalue weighted by Crippen LogP contribution is -2.34. The number of ether oxygens (including phenoxy) is 2. The second-order valence-electron chi connectivity index (χ2n) is 15.3. The molecule has 0 spiro atoms. The van der Waals surface area contributed by atoms with Gasteiger partial charge in [0.2, 0.25) is 11.8 Å². The molecular weight excluding hydrogens is 767 g/mol. The van der Waals surface area contributed by atoms with Crippen molar-refractivity contribution in [1.82, 2.24) is 30.2 Å². The van der Waals surface area contributed by atoms with E-state index in [1.807, 2.05) is 0 Å². The summed E-state index contributed by atoms with van der Waals surface area (Å²) < 4.78 is 24.2. The van der Waals surface area contributed by atoms with E-state index in [0.717, 1.165) is 63.9 Å². The molecule has 6 aliphatic rings. The predicted octanol–water partition coefficient (Wildman–Crippen LogP) is 6.09. The van der Waals surface area contributed by atoms with Gasteiger partial charge in [0, 0.05) is 47.9 Å². The van der Waals surface area contributed by atoms with E-state index < -0.39 is 11.9 Å². The van der Waals surface area contributed by atoms with Crippen molar-refractivity contribution < 1.29 is 37.6 Å². The third-order valence-electron chi connectivity index (χ3n) is 11.7. The van der Waals surface area contributed by atoms with Crippen LogP contribution in [0.5, 0.6) is 11.5 Å². The monoisotopic (exact) mass is 806 g/mol. The first-order chi connectivity index (χ1) is 27.4. The summed E-state index contributed by atoms with van der Waals surface area (Å²) in [5, 5.41) is 17.8. The van der Waals surface area contributed by atoms with Crippen molar-refractivity contribution in [1.29, 1.82) is 0 Å². The molecule has 2 saturated carbocycles. The van der Waals surface area contributed by atoms with Gasteiger partial charge in [-0.15, -0.1) is 20.4 Å². The maximum Gasteiger partial charge on any atom is 0.443 e. The van der Waals surface area contributed by atoms with E-state index in [9.17, 15) is 9.59 Å². The SMILES string of the molecule is O=C(ONc1c(Cl)cc(-c2nnc(C3CCN(C4CC4)CC3)o2)c2c1CCO2)C(=O)ONc1c(Cl)cc(-c2nnc(C3CCN(C4CC4)CC3)o2)c2c1CCO2. The molecule has 0 atom stereocenters. The lowest BCUT2D eigenvalue weighted by Gasteiger charge is -2.30. The minimum atomic E-state index is -1.33. The molecule has 16 nitrogen and oxygen atoms in total. The van der Waals surface area contributed by atoms with Crippen LogP contribution in [0.1, 0.15) is 86.1 Å². The van der Waals surface area contributed by atoms with E-state index in [0.29, 0.717) is 83.4 Å². The molecule has 10 rings (SSSR count). The molecule has 0 unspecified atom stereocenters. The van der Waals surface area contributed by atoms with Gasteiger partial charge >= 0.3 is 11.9 Å². The third-order valence-corrected chi connectivity index (χ3v) is 12.3. The quantitative estimate of drug-likeness (QED) is 0.139. The predicted molar refractivity (Wildman–Crippen MR) is 200 cm³/mol. The van der Waals surface area contributed by atoms with Crippen LogP contribution in [0.4, 0.5) is 11.4 Å². The number of aromatic nitrogens is 4. The Kier molecular flexibility index (Phi) is 9.38. The van der Waals surface area contributed by atoms with Crippen molar-refractivity contribution in [3.8, 4) is 34.4 Å². The first-order valence-corrected chi connectivity index (χ1v) is 20.2. The Bertz CT molecular complexity index is 2020. The smallest absolute Gasteiger partial charge is 0.443 e. The maximum absolute atomic E-state index is 12.8. The van der Waals surface area contributed by atoms with Crippen LogP contribution in [0.3, 0.4) is 0 Å². The van der Waals surface area contributed by atoms with Gasteiger partial charge in [-0.05, 0) is 89.7 Å². The Morgan fingerprint density at radius 2 is 1.04 bits per heavy atom. The highest BCUT2D eigenvalue weighted by atomic mass is 35.5. The molecule has 2 aliphatic carbocycles. The Balaban J connectivity index is 0.774. The fraction of sp³-hybridized carbons (Fsp3) is 0.526. The summed E-state index contributed by atoms with van der Waals surface area (Å²) in [6.45, 7) is 4.83. The van der Waals surface area contributed by atoms with E-state index in [4.69, 9.17) is 51.2 Å². The van der Waals surface area contributed by atoms with Gasteiger partial charge in [0.25, 0.3) is 11.8 Å². The number of benzene rings is 2. The summed E-state index contributed by atoms with van der Waals surface area (Å²) >= 11 is 13.4. The number of likely N-dealkylation sites (tertiary alicyclic amines) is 2. The number of carbonyl (C=O) groups is 2. The Morgan fingerprint density at radius 1 is 0.625 bits per heavy atom. The summed E-state index contributed by atoms with van der Waals surface area (Å²) in [5.74, 6) is 0.503. The number of rotatable bonds is 10. The standard InChI is InChI=1S/C38H40Cl2N8O8/c39-27-17-25(35-43-41-33(53-35)19-5-11-47(12-6-19)21-1-2-21)31-23(9-15-51-31)29(27)45-55-37(49)38(50)56-46-30-24-10-16-52-32(24)26(18-28(30)40)36-44-42-34(54-36)20-7-13-48(14-8-20)22-3-4-22/h17-22,45-46H,1-16H2. The van der Waals surface area contributed by atoms with Crippen LogP contribution in [-0.2, 0) is 32.1 Å². The third kappa shape index (κ3) is 6.90. The lowest BCUT2D eigenvalue weighted by molar-refractivity contribution is -0.164. The van der Waals surface area contributed by atoms with Crippen LogP contribution in [0.15, 0.2) is 21.0 Å². The van der Waals surface area contributed by atoms with Gasteiger partial charge in [-0.1, -0.05) is 23.2 Å². The van der Waals surface area contributed by atoms with Crippen molar-refractivity contribution in [3.63, 3.8) is 0 Å². The van der Waals surface area contributed by atoms with Crippen molar-refractivity contribution in [2.75, 3.05) is 50.4 Å². The molecule has 0 bridgehead atoms. The molecule has 2 aromatic carbocycles. The molecule has 0 amide bonds. The first kappa shape index (κ1) is 35.8. The molecule has 56 heavy (non-hydrogen) atoms. The summed E-state index contributed by atoms with van der Waals surface area (Å²) in [4.78, 5) is 40.9. The summed E-state index contributed by atoms with van der Waals surface area (Å²) in [6, 6.07) is 4.70. The number of carbonyl (C=O) groups excluding carboxylic acids is 2. The van der Waals surface area contributed by atoms with Crippen LogP contribution in [0.25, 0.3) is 22.9 Å². The number of halogens is 2. The molecule has 18 heteroatoms. The second kappa shape index (κ2) is 14.7. The highest BCUT2D eigenvalue weighted by molar-refractivity contribution is 6.35. The minimum absolute atomic E-state index is 0.198. The molecule has 4 aromatic rings.